The number of hydrogen-bond acceptors (Lipinski definition) is 6. The van der Waals surface area contributed by atoms with Crippen LogP contribution in [0.15, 0.2) is 22.5 Å². The minimum absolute atomic E-state index is 0.0977. The maximum absolute atomic E-state index is 12.9. The molecule has 1 aliphatic rings. The molecule has 0 unspecified atom stereocenters. The lowest BCUT2D eigenvalue weighted by molar-refractivity contribution is 0.0757. The zero-order valence-corrected chi connectivity index (χ0v) is 16.7. The third-order valence-electron chi connectivity index (χ3n) is 4.44. The van der Waals surface area contributed by atoms with E-state index >= 15 is 0 Å². The van der Waals surface area contributed by atoms with Gasteiger partial charge in [-0.05, 0) is 26.5 Å². The molecule has 0 radical (unpaired) electrons. The first-order chi connectivity index (χ1) is 12.3. The lowest BCUT2D eigenvalue weighted by Crippen LogP contribution is -2.36. The lowest BCUT2D eigenvalue weighted by atomic mass is 10.3. The highest BCUT2D eigenvalue weighted by molar-refractivity contribution is 7.89. The molecule has 10 heteroatoms. The molecule has 1 fully saturated rings. The summed E-state index contributed by atoms with van der Waals surface area (Å²) < 4.78 is 27.8. The summed E-state index contributed by atoms with van der Waals surface area (Å²) in [7, 11) is -0.531. The Kier molecular flexibility index (Phi) is 5.35. The molecule has 1 aliphatic heterocycles. The first-order valence-corrected chi connectivity index (χ1v) is 10.7. The summed E-state index contributed by atoms with van der Waals surface area (Å²) in [6, 6.07) is 1.43. The van der Waals surface area contributed by atoms with E-state index in [0.717, 1.165) is 23.8 Å². The Morgan fingerprint density at radius 2 is 2.04 bits per heavy atom. The Balaban J connectivity index is 1.74. The Hall–Kier alpha value is -1.91. The van der Waals surface area contributed by atoms with Gasteiger partial charge in [0.15, 0.2) is 5.13 Å². The van der Waals surface area contributed by atoms with E-state index in [0.29, 0.717) is 25.3 Å². The molecule has 1 N–H and O–H groups in total. The summed E-state index contributed by atoms with van der Waals surface area (Å²) in [4.78, 5) is 21.5. The summed E-state index contributed by atoms with van der Waals surface area (Å²) >= 11 is 1.62. The van der Waals surface area contributed by atoms with Crippen molar-refractivity contribution in [2.24, 2.45) is 7.05 Å². The predicted octanol–water partition coefficient (Wildman–Crippen LogP) is 1.05. The van der Waals surface area contributed by atoms with Crippen LogP contribution in [0.4, 0.5) is 5.13 Å². The van der Waals surface area contributed by atoms with Crippen LogP contribution in [0.5, 0.6) is 0 Å². The van der Waals surface area contributed by atoms with E-state index in [4.69, 9.17) is 0 Å². The van der Waals surface area contributed by atoms with Crippen LogP contribution in [-0.4, -0.2) is 62.0 Å². The average molecular weight is 398 g/mol. The van der Waals surface area contributed by atoms with Crippen molar-refractivity contribution in [3.8, 4) is 0 Å². The number of aryl methyl sites for hydroxylation is 2. The predicted molar refractivity (Wildman–Crippen MR) is 101 cm³/mol. The average Bonchev–Trinajstić information content (AvgIpc) is 3.13. The molecule has 0 bridgehead atoms. The second kappa shape index (κ2) is 7.37. The molecule has 0 aliphatic carbocycles. The lowest BCUT2D eigenvalue weighted by Gasteiger charge is -2.21. The fourth-order valence-corrected chi connectivity index (χ4v) is 4.63. The Labute approximate surface area is 157 Å². The highest BCUT2D eigenvalue weighted by Crippen LogP contribution is 2.22. The largest absolute Gasteiger partial charge is 0.346 e. The molecule has 0 spiro atoms. The molecule has 2 aromatic rings. The first kappa shape index (κ1) is 18.9. The minimum Gasteiger partial charge on any atom is -0.346 e. The number of thiazole rings is 1. The molecule has 3 rings (SSSR count). The number of nitrogens with one attached hydrogen (secondary N) is 1. The van der Waals surface area contributed by atoms with Crippen LogP contribution in [0, 0.1) is 6.92 Å². The van der Waals surface area contributed by atoms with Crippen molar-refractivity contribution in [2.45, 2.75) is 18.2 Å². The van der Waals surface area contributed by atoms with E-state index in [2.05, 4.69) is 14.6 Å². The van der Waals surface area contributed by atoms with E-state index in [-0.39, 0.29) is 10.8 Å². The van der Waals surface area contributed by atoms with Crippen molar-refractivity contribution in [3.05, 3.63) is 29.0 Å². The fraction of sp³-hybridized carbons (Fsp3) is 0.500. The topological polar surface area (TPSA) is 87.5 Å². The number of anilines is 1. The van der Waals surface area contributed by atoms with Crippen molar-refractivity contribution in [1.82, 2.24) is 19.2 Å². The standard InChI is InChI=1S/C16H23N5O3S2/c1-12-11-25-16(18-12)21-6-4-5-20(7-8-21)15(22)14-9-13(10-19(14)3)26(23,24)17-2/h9-11,17H,4-8H2,1-3H3. The van der Waals surface area contributed by atoms with Crippen molar-refractivity contribution in [1.29, 1.82) is 0 Å². The second-order valence-corrected chi connectivity index (χ2v) is 9.01. The molecular weight excluding hydrogens is 374 g/mol. The number of nitrogens with zero attached hydrogens (tertiary/aromatic N) is 4. The zero-order chi connectivity index (χ0) is 18.9. The van der Waals surface area contributed by atoms with E-state index in [9.17, 15) is 13.2 Å². The number of rotatable bonds is 4. The summed E-state index contributed by atoms with van der Waals surface area (Å²) in [5.74, 6) is -0.151. The maximum Gasteiger partial charge on any atom is 0.270 e. The normalized spacial score (nSPS) is 16.0. The number of aromatic nitrogens is 2. The van der Waals surface area contributed by atoms with Gasteiger partial charge in [-0.2, -0.15) is 0 Å². The molecule has 26 heavy (non-hydrogen) atoms. The third-order valence-corrected chi connectivity index (χ3v) is 6.84. The monoisotopic (exact) mass is 397 g/mol. The smallest absolute Gasteiger partial charge is 0.270 e. The van der Waals surface area contributed by atoms with E-state index in [1.807, 2.05) is 12.3 Å². The molecule has 3 heterocycles. The van der Waals surface area contributed by atoms with Crippen molar-refractivity contribution in [3.63, 3.8) is 0 Å². The Bertz CT molecular complexity index is 903. The quantitative estimate of drug-likeness (QED) is 0.833. The van der Waals surface area contributed by atoms with Crippen molar-refractivity contribution in [2.75, 3.05) is 38.1 Å². The van der Waals surface area contributed by atoms with Gasteiger partial charge in [-0.25, -0.2) is 18.1 Å². The summed E-state index contributed by atoms with van der Waals surface area (Å²) in [6.45, 7) is 4.75. The van der Waals surface area contributed by atoms with Gasteiger partial charge in [-0.1, -0.05) is 0 Å². The van der Waals surface area contributed by atoms with Crippen LogP contribution in [0.25, 0.3) is 0 Å². The molecular formula is C16H23N5O3S2. The van der Waals surface area contributed by atoms with Gasteiger partial charge >= 0.3 is 0 Å². The maximum atomic E-state index is 12.9. The number of carbonyl (C=O) groups excluding carboxylic acids is 1. The highest BCUT2D eigenvalue weighted by atomic mass is 32.2. The fourth-order valence-electron chi connectivity index (χ4n) is 2.97. The van der Waals surface area contributed by atoms with E-state index in [1.54, 1.807) is 27.9 Å². The molecule has 0 atom stereocenters. The van der Waals surface area contributed by atoms with Gasteiger partial charge in [0.05, 0.1) is 5.69 Å². The Morgan fingerprint density at radius 1 is 1.27 bits per heavy atom. The highest BCUT2D eigenvalue weighted by Gasteiger charge is 2.25. The Morgan fingerprint density at radius 3 is 2.69 bits per heavy atom. The van der Waals surface area contributed by atoms with Gasteiger partial charge in [0.25, 0.3) is 5.91 Å². The van der Waals surface area contributed by atoms with Crippen molar-refractivity contribution < 1.29 is 13.2 Å². The summed E-state index contributed by atoms with van der Waals surface area (Å²) in [5.41, 5.74) is 1.38. The van der Waals surface area contributed by atoms with Crippen LogP contribution in [0.1, 0.15) is 22.6 Å². The molecule has 8 nitrogen and oxygen atoms in total. The first-order valence-electron chi connectivity index (χ1n) is 8.38. The van der Waals surface area contributed by atoms with Gasteiger partial charge in [0.1, 0.15) is 10.6 Å². The number of hydrogen-bond donors (Lipinski definition) is 1. The molecule has 0 saturated carbocycles. The van der Waals surface area contributed by atoms with E-state index < -0.39 is 10.0 Å². The van der Waals surface area contributed by atoms with Crippen molar-refractivity contribution >= 4 is 32.4 Å². The second-order valence-electron chi connectivity index (χ2n) is 6.28. The molecule has 0 aromatic carbocycles. The SMILES string of the molecule is CNS(=O)(=O)c1cc(C(=O)N2CCCN(c3nc(C)cs3)CC2)n(C)c1. The third kappa shape index (κ3) is 3.76. The number of amides is 1. The molecule has 142 valence electrons. The van der Waals surface area contributed by atoms with Crippen LogP contribution in [0.2, 0.25) is 0 Å². The molecule has 1 saturated heterocycles. The number of carbonyl (C=O) groups is 1. The minimum atomic E-state index is -3.57. The molecule has 1 amide bonds. The number of sulfonamides is 1. The molecule has 2 aromatic heterocycles. The van der Waals surface area contributed by atoms with Gasteiger partial charge < -0.3 is 14.4 Å². The van der Waals surface area contributed by atoms with Crippen LogP contribution < -0.4 is 9.62 Å². The van der Waals surface area contributed by atoms with Gasteiger partial charge in [-0.3, -0.25) is 4.79 Å². The summed E-state index contributed by atoms with van der Waals surface area (Å²) in [6.07, 6.45) is 2.30. The van der Waals surface area contributed by atoms with Crippen LogP contribution in [-0.2, 0) is 17.1 Å². The van der Waals surface area contributed by atoms with Gasteiger partial charge in [0, 0.05) is 44.8 Å². The summed E-state index contributed by atoms with van der Waals surface area (Å²) in [5, 5.41) is 3.01. The van der Waals surface area contributed by atoms with Crippen LogP contribution in [0.3, 0.4) is 0 Å². The van der Waals surface area contributed by atoms with E-state index in [1.165, 1.54) is 19.3 Å². The van der Waals surface area contributed by atoms with Gasteiger partial charge in [0.2, 0.25) is 10.0 Å². The van der Waals surface area contributed by atoms with Gasteiger partial charge in [-0.15, -0.1) is 11.3 Å². The zero-order valence-electron chi connectivity index (χ0n) is 15.1. The van der Waals surface area contributed by atoms with Crippen LogP contribution >= 0.6 is 11.3 Å².